The second kappa shape index (κ2) is 7.31. The number of ether oxygens (including phenoxy) is 1. The van der Waals surface area contributed by atoms with Crippen LogP contribution >= 0.6 is 15.9 Å². The van der Waals surface area contributed by atoms with Gasteiger partial charge >= 0.3 is 0 Å². The van der Waals surface area contributed by atoms with Crippen LogP contribution in [0.25, 0.3) is 0 Å². The number of carbonyl (C=O) groups is 1. The molecule has 0 bridgehead atoms. The summed E-state index contributed by atoms with van der Waals surface area (Å²) in [6, 6.07) is 9.51. The molecular weight excluding hydrogens is 332 g/mol. The van der Waals surface area contributed by atoms with Gasteiger partial charge in [0.2, 0.25) is 0 Å². The molecule has 1 heterocycles. The van der Waals surface area contributed by atoms with Crippen LogP contribution in [0.15, 0.2) is 41.0 Å². The van der Waals surface area contributed by atoms with Gasteiger partial charge in [0, 0.05) is 29.3 Å². The molecule has 0 spiro atoms. The molecule has 2 aromatic rings. The number of aromatic nitrogens is 1. The predicted octanol–water partition coefficient (Wildman–Crippen LogP) is 3.60. The normalized spacial score (nSPS) is 10.4. The maximum atomic E-state index is 12.3. The maximum Gasteiger partial charge on any atom is 0.268 e. The van der Waals surface area contributed by atoms with Gasteiger partial charge < -0.3 is 14.6 Å². The number of nitrogens with zero attached hydrogens (tertiary/aromatic N) is 1. The molecule has 1 N–H and O–H groups in total. The molecule has 1 aromatic heterocycles. The lowest BCUT2D eigenvalue weighted by Crippen LogP contribution is -2.25. The zero-order chi connectivity index (χ0) is 15.2. The average molecular weight is 351 g/mol. The number of nitrogens with one attached hydrogen (secondary N) is 1. The third-order valence-electron chi connectivity index (χ3n) is 3.19. The summed E-state index contributed by atoms with van der Waals surface area (Å²) in [5, 5.41) is 2.94. The molecule has 0 saturated heterocycles. The topological polar surface area (TPSA) is 43.3 Å². The standard InChI is InChI=1S/C16H19BrN2O2/c1-3-8-19-11-13(17)9-14(19)16(20)18-10-12-6-4-5-7-15(12)21-2/h4-7,9,11H,3,8,10H2,1-2H3,(H,18,20). The van der Waals surface area contributed by atoms with Crippen molar-refractivity contribution < 1.29 is 9.53 Å². The Morgan fingerprint density at radius 2 is 2.14 bits per heavy atom. The summed E-state index contributed by atoms with van der Waals surface area (Å²) >= 11 is 3.42. The fraction of sp³-hybridized carbons (Fsp3) is 0.312. The first-order valence-corrected chi connectivity index (χ1v) is 7.70. The molecule has 2 rings (SSSR count). The highest BCUT2D eigenvalue weighted by Crippen LogP contribution is 2.18. The second-order valence-electron chi connectivity index (χ2n) is 4.73. The van der Waals surface area contributed by atoms with Crippen molar-refractivity contribution in [3.63, 3.8) is 0 Å². The van der Waals surface area contributed by atoms with Gasteiger partial charge in [-0.25, -0.2) is 0 Å². The van der Waals surface area contributed by atoms with Crippen LogP contribution < -0.4 is 10.1 Å². The van der Waals surface area contributed by atoms with Crippen LogP contribution in [0.5, 0.6) is 5.75 Å². The minimum absolute atomic E-state index is 0.0833. The molecular formula is C16H19BrN2O2. The first-order chi connectivity index (χ1) is 10.2. The number of rotatable bonds is 6. The lowest BCUT2D eigenvalue weighted by Gasteiger charge is -2.11. The highest BCUT2D eigenvalue weighted by molar-refractivity contribution is 9.10. The fourth-order valence-electron chi connectivity index (χ4n) is 2.21. The Morgan fingerprint density at radius 3 is 2.86 bits per heavy atom. The molecule has 21 heavy (non-hydrogen) atoms. The number of para-hydroxylation sites is 1. The molecule has 0 saturated carbocycles. The van der Waals surface area contributed by atoms with Gasteiger partial charge in [0.15, 0.2) is 0 Å². The largest absolute Gasteiger partial charge is 0.496 e. The average Bonchev–Trinajstić information content (AvgIpc) is 2.86. The molecule has 0 aliphatic heterocycles. The number of methoxy groups -OCH3 is 1. The van der Waals surface area contributed by atoms with Crippen LogP contribution in [0.4, 0.5) is 0 Å². The van der Waals surface area contributed by atoms with E-state index in [1.165, 1.54) is 0 Å². The highest BCUT2D eigenvalue weighted by atomic mass is 79.9. The summed E-state index contributed by atoms with van der Waals surface area (Å²) < 4.78 is 8.16. The lowest BCUT2D eigenvalue weighted by molar-refractivity contribution is 0.0941. The third kappa shape index (κ3) is 3.88. The Bertz CT molecular complexity index is 622. The smallest absolute Gasteiger partial charge is 0.268 e. The van der Waals surface area contributed by atoms with Gasteiger partial charge in [-0.1, -0.05) is 25.1 Å². The van der Waals surface area contributed by atoms with E-state index in [4.69, 9.17) is 4.74 Å². The molecule has 0 unspecified atom stereocenters. The number of aryl methyl sites for hydroxylation is 1. The third-order valence-corrected chi connectivity index (χ3v) is 3.63. The number of amides is 1. The Labute approximate surface area is 133 Å². The number of hydrogen-bond donors (Lipinski definition) is 1. The first-order valence-electron chi connectivity index (χ1n) is 6.91. The minimum atomic E-state index is -0.0833. The van der Waals surface area contributed by atoms with Crippen molar-refractivity contribution in [2.75, 3.05) is 7.11 Å². The van der Waals surface area contributed by atoms with E-state index in [0.29, 0.717) is 12.2 Å². The Balaban J connectivity index is 2.08. The van der Waals surface area contributed by atoms with Crippen LogP contribution in [-0.2, 0) is 13.1 Å². The van der Waals surface area contributed by atoms with Crippen molar-refractivity contribution in [2.24, 2.45) is 0 Å². The fourth-order valence-corrected chi connectivity index (χ4v) is 2.67. The van der Waals surface area contributed by atoms with E-state index in [1.54, 1.807) is 7.11 Å². The zero-order valence-corrected chi connectivity index (χ0v) is 13.8. The number of hydrogen-bond acceptors (Lipinski definition) is 2. The van der Waals surface area contributed by atoms with Crippen molar-refractivity contribution in [1.29, 1.82) is 0 Å². The van der Waals surface area contributed by atoms with Crippen molar-refractivity contribution >= 4 is 21.8 Å². The first kappa shape index (κ1) is 15.6. The quantitative estimate of drug-likeness (QED) is 0.864. The van der Waals surface area contributed by atoms with Gasteiger partial charge in [-0.15, -0.1) is 0 Å². The molecule has 0 atom stereocenters. The molecule has 112 valence electrons. The van der Waals surface area contributed by atoms with Gasteiger partial charge in [0.25, 0.3) is 5.91 Å². The van der Waals surface area contributed by atoms with Gasteiger partial charge in [-0.05, 0) is 34.5 Å². The molecule has 1 aromatic carbocycles. The van der Waals surface area contributed by atoms with E-state index in [1.807, 2.05) is 41.1 Å². The zero-order valence-electron chi connectivity index (χ0n) is 12.2. The monoisotopic (exact) mass is 350 g/mol. The molecule has 4 nitrogen and oxygen atoms in total. The lowest BCUT2D eigenvalue weighted by atomic mass is 10.2. The molecule has 5 heteroatoms. The Hall–Kier alpha value is -1.75. The van der Waals surface area contributed by atoms with Crippen LogP contribution in [0.2, 0.25) is 0 Å². The maximum absolute atomic E-state index is 12.3. The van der Waals surface area contributed by atoms with Gasteiger partial charge in [0.1, 0.15) is 11.4 Å². The van der Waals surface area contributed by atoms with Gasteiger partial charge in [-0.3, -0.25) is 4.79 Å². The molecule has 0 radical (unpaired) electrons. The SMILES string of the molecule is CCCn1cc(Br)cc1C(=O)NCc1ccccc1OC. The van der Waals surface area contributed by atoms with Crippen molar-refractivity contribution in [1.82, 2.24) is 9.88 Å². The van der Waals surface area contributed by atoms with Crippen LogP contribution in [0.1, 0.15) is 29.4 Å². The molecule has 0 aliphatic rings. The van der Waals surface area contributed by atoms with Crippen LogP contribution in [0, 0.1) is 0 Å². The Kier molecular flexibility index (Phi) is 5.44. The van der Waals surface area contributed by atoms with Crippen LogP contribution in [0.3, 0.4) is 0 Å². The molecule has 0 fully saturated rings. The van der Waals surface area contributed by atoms with Crippen molar-refractivity contribution in [3.8, 4) is 5.75 Å². The summed E-state index contributed by atoms with van der Waals surface area (Å²) in [6.07, 6.45) is 2.91. The highest BCUT2D eigenvalue weighted by Gasteiger charge is 2.13. The second-order valence-corrected chi connectivity index (χ2v) is 5.65. The molecule has 1 amide bonds. The summed E-state index contributed by atoms with van der Waals surface area (Å²) in [4.78, 5) is 12.3. The van der Waals surface area contributed by atoms with E-state index >= 15 is 0 Å². The van der Waals surface area contributed by atoms with E-state index in [9.17, 15) is 4.79 Å². The molecule has 0 aliphatic carbocycles. The summed E-state index contributed by atoms with van der Waals surface area (Å²) in [5.74, 6) is 0.697. The van der Waals surface area contributed by atoms with Crippen LogP contribution in [-0.4, -0.2) is 17.6 Å². The van der Waals surface area contributed by atoms with E-state index in [0.717, 1.165) is 28.8 Å². The number of benzene rings is 1. The van der Waals surface area contributed by atoms with E-state index in [2.05, 4.69) is 28.2 Å². The van der Waals surface area contributed by atoms with E-state index in [-0.39, 0.29) is 5.91 Å². The van der Waals surface area contributed by atoms with Gasteiger partial charge in [0.05, 0.1) is 7.11 Å². The van der Waals surface area contributed by atoms with Crippen molar-refractivity contribution in [3.05, 3.63) is 52.3 Å². The predicted molar refractivity (Wildman–Crippen MR) is 86.6 cm³/mol. The minimum Gasteiger partial charge on any atom is -0.496 e. The van der Waals surface area contributed by atoms with Gasteiger partial charge in [-0.2, -0.15) is 0 Å². The van der Waals surface area contributed by atoms with Crippen molar-refractivity contribution in [2.45, 2.75) is 26.4 Å². The Morgan fingerprint density at radius 1 is 1.38 bits per heavy atom. The number of carbonyl (C=O) groups excluding carboxylic acids is 1. The van der Waals surface area contributed by atoms with E-state index < -0.39 is 0 Å². The summed E-state index contributed by atoms with van der Waals surface area (Å²) in [5.41, 5.74) is 1.62. The number of halogens is 1. The summed E-state index contributed by atoms with van der Waals surface area (Å²) in [6.45, 7) is 3.35. The summed E-state index contributed by atoms with van der Waals surface area (Å²) in [7, 11) is 1.63.